The molecule has 1 saturated heterocycles. The molecule has 1 unspecified atom stereocenters. The zero-order valence-electron chi connectivity index (χ0n) is 9.23. The minimum Gasteiger partial charge on any atom is -0.312 e. The molecule has 4 heteroatoms. The lowest BCUT2D eigenvalue weighted by atomic mass is 10.1. The Kier molecular flexibility index (Phi) is 2.77. The molecule has 0 saturated carbocycles. The van der Waals surface area contributed by atoms with Crippen LogP contribution in [-0.2, 0) is 4.79 Å². The molecule has 0 radical (unpaired) electrons. The fourth-order valence-corrected chi connectivity index (χ4v) is 1.83. The number of hydrazine groups is 1. The van der Waals surface area contributed by atoms with E-state index < -0.39 is 0 Å². The standard InChI is InChI=1S/C11H17N3O/c1-9(2)4-6-13-7-8-14-10(11(13)15)3-5-12-14/h4,7-8,10,12H,3,5-6H2,1-2H3. The predicted octanol–water partition coefficient (Wildman–Crippen LogP) is 0.845. The van der Waals surface area contributed by atoms with Crippen molar-refractivity contribution in [2.45, 2.75) is 26.3 Å². The van der Waals surface area contributed by atoms with Crippen molar-refractivity contribution in [1.82, 2.24) is 15.3 Å². The second kappa shape index (κ2) is 4.06. The number of fused-ring (bicyclic) bond motifs is 1. The lowest BCUT2D eigenvalue weighted by Gasteiger charge is -2.31. The van der Waals surface area contributed by atoms with Gasteiger partial charge in [-0.1, -0.05) is 11.6 Å². The summed E-state index contributed by atoms with van der Waals surface area (Å²) in [5.41, 5.74) is 4.40. The number of amides is 1. The van der Waals surface area contributed by atoms with E-state index in [1.54, 1.807) is 4.90 Å². The lowest BCUT2D eigenvalue weighted by molar-refractivity contribution is -0.133. The number of allylic oxidation sites excluding steroid dienone is 1. The Morgan fingerprint density at radius 3 is 3.13 bits per heavy atom. The quantitative estimate of drug-likeness (QED) is 0.682. The van der Waals surface area contributed by atoms with Crippen LogP contribution in [0.3, 0.4) is 0 Å². The van der Waals surface area contributed by atoms with Gasteiger partial charge in [0.1, 0.15) is 6.04 Å². The molecule has 1 amide bonds. The maximum Gasteiger partial charge on any atom is 0.251 e. The molecule has 1 N–H and O–H groups in total. The van der Waals surface area contributed by atoms with Gasteiger partial charge in [-0.25, -0.2) is 5.43 Å². The van der Waals surface area contributed by atoms with E-state index in [0.717, 1.165) is 13.0 Å². The average molecular weight is 207 g/mol. The summed E-state index contributed by atoms with van der Waals surface area (Å²) in [7, 11) is 0. The number of hydrogen-bond acceptors (Lipinski definition) is 3. The van der Waals surface area contributed by atoms with Crippen LogP contribution in [-0.4, -0.2) is 34.9 Å². The molecule has 1 atom stereocenters. The number of nitrogens with one attached hydrogen (secondary N) is 1. The molecule has 2 aliphatic heterocycles. The van der Waals surface area contributed by atoms with Gasteiger partial charge in [0.2, 0.25) is 0 Å². The first-order valence-corrected chi connectivity index (χ1v) is 5.32. The highest BCUT2D eigenvalue weighted by molar-refractivity contribution is 5.84. The molecule has 2 rings (SSSR count). The van der Waals surface area contributed by atoms with Crippen LogP contribution >= 0.6 is 0 Å². The van der Waals surface area contributed by atoms with E-state index in [1.165, 1.54) is 5.57 Å². The van der Waals surface area contributed by atoms with Gasteiger partial charge in [-0.2, -0.15) is 0 Å². The zero-order chi connectivity index (χ0) is 10.8. The minimum atomic E-state index is 0.000521. The summed E-state index contributed by atoms with van der Waals surface area (Å²) < 4.78 is 0. The second-order valence-electron chi connectivity index (χ2n) is 4.19. The van der Waals surface area contributed by atoms with Crippen LogP contribution in [0.2, 0.25) is 0 Å². The largest absolute Gasteiger partial charge is 0.312 e. The van der Waals surface area contributed by atoms with Crippen LogP contribution in [0.5, 0.6) is 0 Å². The monoisotopic (exact) mass is 207 g/mol. The number of carbonyl (C=O) groups is 1. The van der Waals surface area contributed by atoms with E-state index in [2.05, 4.69) is 11.5 Å². The van der Waals surface area contributed by atoms with Crippen molar-refractivity contribution >= 4 is 5.91 Å². The molecule has 1 fully saturated rings. The van der Waals surface area contributed by atoms with Crippen LogP contribution in [0.15, 0.2) is 24.0 Å². The van der Waals surface area contributed by atoms with Gasteiger partial charge in [0, 0.05) is 25.5 Å². The van der Waals surface area contributed by atoms with Crippen molar-refractivity contribution in [1.29, 1.82) is 0 Å². The Bertz CT molecular complexity index is 318. The third-order valence-corrected chi connectivity index (χ3v) is 2.72. The Morgan fingerprint density at radius 2 is 2.40 bits per heavy atom. The van der Waals surface area contributed by atoms with E-state index in [1.807, 2.05) is 31.3 Å². The van der Waals surface area contributed by atoms with Crippen LogP contribution in [0.1, 0.15) is 20.3 Å². The van der Waals surface area contributed by atoms with Crippen LogP contribution < -0.4 is 5.43 Å². The molecule has 0 bridgehead atoms. The Balaban J connectivity index is 2.06. The summed E-state index contributed by atoms with van der Waals surface area (Å²) in [6.07, 6.45) is 6.75. The first kappa shape index (κ1) is 10.2. The van der Waals surface area contributed by atoms with E-state index in [-0.39, 0.29) is 11.9 Å². The summed E-state index contributed by atoms with van der Waals surface area (Å²) in [6, 6.07) is 0.000521. The van der Waals surface area contributed by atoms with Crippen molar-refractivity contribution in [3.05, 3.63) is 24.0 Å². The van der Waals surface area contributed by atoms with Crippen molar-refractivity contribution in [2.24, 2.45) is 0 Å². The summed E-state index contributed by atoms with van der Waals surface area (Å²) in [5, 5.41) is 1.90. The van der Waals surface area contributed by atoms with Crippen LogP contribution in [0.4, 0.5) is 0 Å². The molecular formula is C11H17N3O. The third-order valence-electron chi connectivity index (χ3n) is 2.72. The van der Waals surface area contributed by atoms with Gasteiger partial charge < -0.3 is 9.91 Å². The Hall–Kier alpha value is -1.29. The van der Waals surface area contributed by atoms with Gasteiger partial charge >= 0.3 is 0 Å². The number of hydrogen-bond donors (Lipinski definition) is 1. The van der Waals surface area contributed by atoms with Gasteiger partial charge in [-0.15, -0.1) is 0 Å². The fraction of sp³-hybridized carbons (Fsp3) is 0.545. The van der Waals surface area contributed by atoms with E-state index >= 15 is 0 Å². The molecule has 15 heavy (non-hydrogen) atoms. The lowest BCUT2D eigenvalue weighted by Crippen LogP contribution is -2.47. The first-order chi connectivity index (χ1) is 7.18. The third kappa shape index (κ3) is 2.04. The molecule has 0 aliphatic carbocycles. The predicted molar refractivity (Wildman–Crippen MR) is 58.5 cm³/mol. The molecule has 2 aliphatic rings. The number of nitrogens with zero attached hydrogens (tertiary/aromatic N) is 2. The van der Waals surface area contributed by atoms with Gasteiger partial charge in [0.05, 0.1) is 0 Å². The first-order valence-electron chi connectivity index (χ1n) is 5.32. The topological polar surface area (TPSA) is 35.6 Å². The molecule has 82 valence electrons. The van der Waals surface area contributed by atoms with Gasteiger partial charge in [0.25, 0.3) is 5.91 Å². The molecule has 0 aromatic heterocycles. The van der Waals surface area contributed by atoms with Crippen molar-refractivity contribution in [3.63, 3.8) is 0 Å². The molecule has 0 aromatic carbocycles. The summed E-state index contributed by atoms with van der Waals surface area (Å²) >= 11 is 0. The highest BCUT2D eigenvalue weighted by atomic mass is 16.2. The van der Waals surface area contributed by atoms with Gasteiger partial charge in [0.15, 0.2) is 0 Å². The number of rotatable bonds is 2. The molecule has 4 nitrogen and oxygen atoms in total. The smallest absolute Gasteiger partial charge is 0.251 e. The van der Waals surface area contributed by atoms with E-state index in [9.17, 15) is 4.79 Å². The number of carbonyl (C=O) groups excluding carboxylic acids is 1. The molecule has 0 aromatic rings. The normalized spacial score (nSPS) is 24.4. The average Bonchev–Trinajstić information content (AvgIpc) is 2.65. The minimum absolute atomic E-state index is 0.000521. The fourth-order valence-electron chi connectivity index (χ4n) is 1.83. The highest BCUT2D eigenvalue weighted by Crippen LogP contribution is 2.17. The van der Waals surface area contributed by atoms with Gasteiger partial charge in [-0.05, 0) is 20.3 Å². The van der Waals surface area contributed by atoms with Crippen molar-refractivity contribution in [2.75, 3.05) is 13.1 Å². The summed E-state index contributed by atoms with van der Waals surface area (Å²) in [5.74, 6) is 0.194. The zero-order valence-corrected chi connectivity index (χ0v) is 9.23. The maximum atomic E-state index is 12.0. The highest BCUT2D eigenvalue weighted by Gasteiger charge is 2.33. The maximum absolute atomic E-state index is 12.0. The summed E-state index contributed by atoms with van der Waals surface area (Å²) in [4.78, 5) is 13.8. The van der Waals surface area contributed by atoms with Crippen molar-refractivity contribution in [3.8, 4) is 0 Å². The molecule has 0 spiro atoms. The summed E-state index contributed by atoms with van der Waals surface area (Å²) in [6.45, 7) is 5.66. The van der Waals surface area contributed by atoms with Crippen LogP contribution in [0.25, 0.3) is 0 Å². The van der Waals surface area contributed by atoms with E-state index in [0.29, 0.717) is 6.54 Å². The molecular weight excluding hydrogens is 190 g/mol. The Labute approximate surface area is 90.2 Å². The van der Waals surface area contributed by atoms with Gasteiger partial charge in [-0.3, -0.25) is 4.79 Å². The SMILES string of the molecule is CC(C)=CCN1C=CN2NCCC2C1=O. The Morgan fingerprint density at radius 1 is 1.60 bits per heavy atom. The van der Waals surface area contributed by atoms with Crippen LogP contribution in [0, 0.1) is 0 Å². The van der Waals surface area contributed by atoms with Crippen molar-refractivity contribution < 1.29 is 4.79 Å². The second-order valence-corrected chi connectivity index (χ2v) is 4.19. The molecule has 2 heterocycles. The van der Waals surface area contributed by atoms with E-state index in [4.69, 9.17) is 0 Å².